The molecule has 1 saturated heterocycles. The first-order chi connectivity index (χ1) is 10.2. The Labute approximate surface area is 130 Å². The number of halogens is 2. The molecule has 0 bridgehead atoms. The van der Waals surface area contributed by atoms with Crippen LogP contribution >= 0.6 is 11.6 Å². The molecular formula is C16H23ClFNO2. The molecule has 0 aromatic heterocycles. The molecule has 1 N–H and O–H groups in total. The maximum atomic E-state index is 13.0. The Morgan fingerprint density at radius 2 is 2.38 bits per heavy atom. The van der Waals surface area contributed by atoms with E-state index in [0.29, 0.717) is 11.6 Å². The van der Waals surface area contributed by atoms with Crippen LogP contribution in [-0.2, 0) is 9.47 Å². The zero-order valence-electron chi connectivity index (χ0n) is 12.4. The normalized spacial score (nSPS) is 19.9. The van der Waals surface area contributed by atoms with Gasteiger partial charge in [0, 0.05) is 24.3 Å². The largest absolute Gasteiger partial charge is 0.379 e. The molecule has 5 heteroatoms. The maximum absolute atomic E-state index is 13.0. The molecule has 1 aromatic rings. The molecule has 1 aliphatic heterocycles. The van der Waals surface area contributed by atoms with Crippen LogP contribution in [0, 0.1) is 5.82 Å². The van der Waals surface area contributed by atoms with Crippen LogP contribution in [0.5, 0.6) is 0 Å². The Bertz CT molecular complexity index is 438. The first-order valence-electron chi connectivity index (χ1n) is 7.54. The van der Waals surface area contributed by atoms with E-state index in [1.54, 1.807) is 6.07 Å². The van der Waals surface area contributed by atoms with Crippen molar-refractivity contribution in [1.82, 2.24) is 5.32 Å². The summed E-state index contributed by atoms with van der Waals surface area (Å²) in [6, 6.07) is 4.60. The molecule has 0 radical (unpaired) electrons. The zero-order chi connectivity index (χ0) is 15.1. The molecule has 0 aliphatic carbocycles. The summed E-state index contributed by atoms with van der Waals surface area (Å²) in [6.07, 6.45) is 3.47. The van der Waals surface area contributed by atoms with Crippen molar-refractivity contribution in [3.63, 3.8) is 0 Å². The molecule has 1 aliphatic rings. The number of hydrogen-bond donors (Lipinski definition) is 1. The summed E-state index contributed by atoms with van der Waals surface area (Å²) in [5.41, 5.74) is 0.915. The lowest BCUT2D eigenvalue weighted by Gasteiger charge is -2.16. The summed E-state index contributed by atoms with van der Waals surface area (Å²) in [5.74, 6) is -0.307. The molecule has 1 fully saturated rings. The van der Waals surface area contributed by atoms with Gasteiger partial charge in [0.1, 0.15) is 5.82 Å². The Morgan fingerprint density at radius 1 is 1.52 bits per heavy atom. The minimum atomic E-state index is -0.307. The van der Waals surface area contributed by atoms with Crippen LogP contribution in [0.15, 0.2) is 18.2 Å². The summed E-state index contributed by atoms with van der Waals surface area (Å²) in [7, 11) is 0. The Balaban J connectivity index is 1.59. The Kier molecular flexibility index (Phi) is 6.90. The van der Waals surface area contributed by atoms with Gasteiger partial charge in [-0.05, 0) is 50.4 Å². The molecule has 2 unspecified atom stereocenters. The number of hydrogen-bond acceptors (Lipinski definition) is 3. The fraction of sp³-hybridized carbons (Fsp3) is 0.625. The van der Waals surface area contributed by atoms with Crippen molar-refractivity contribution < 1.29 is 13.9 Å². The Morgan fingerprint density at radius 3 is 3.10 bits per heavy atom. The second-order valence-corrected chi connectivity index (χ2v) is 5.81. The first-order valence-corrected chi connectivity index (χ1v) is 7.92. The van der Waals surface area contributed by atoms with Crippen LogP contribution in [0.1, 0.15) is 37.8 Å². The average Bonchev–Trinajstić information content (AvgIpc) is 2.95. The lowest BCUT2D eigenvalue weighted by Crippen LogP contribution is -2.22. The Hall–Kier alpha value is -0.680. The summed E-state index contributed by atoms with van der Waals surface area (Å²) in [6.45, 7) is 5.13. The number of nitrogens with one attached hydrogen (secondary N) is 1. The lowest BCUT2D eigenvalue weighted by molar-refractivity contribution is 0.0165. The van der Waals surface area contributed by atoms with Crippen LogP contribution in [0.25, 0.3) is 0 Å². The van der Waals surface area contributed by atoms with Crippen molar-refractivity contribution >= 4 is 11.6 Å². The number of ether oxygens (including phenoxy) is 2. The summed E-state index contributed by atoms with van der Waals surface area (Å²) in [4.78, 5) is 0. The third-order valence-corrected chi connectivity index (χ3v) is 4.00. The van der Waals surface area contributed by atoms with E-state index in [1.165, 1.54) is 12.1 Å². The van der Waals surface area contributed by atoms with Crippen LogP contribution in [0.3, 0.4) is 0 Å². The van der Waals surface area contributed by atoms with Crippen molar-refractivity contribution in [3.8, 4) is 0 Å². The predicted molar refractivity (Wildman–Crippen MR) is 82.2 cm³/mol. The van der Waals surface area contributed by atoms with E-state index in [0.717, 1.165) is 44.6 Å². The highest BCUT2D eigenvalue weighted by molar-refractivity contribution is 6.31. The monoisotopic (exact) mass is 315 g/mol. The third-order valence-electron chi connectivity index (χ3n) is 3.67. The zero-order valence-corrected chi connectivity index (χ0v) is 13.2. The van der Waals surface area contributed by atoms with Crippen LogP contribution in [0.4, 0.5) is 4.39 Å². The second kappa shape index (κ2) is 8.69. The third kappa shape index (κ3) is 5.55. The summed E-state index contributed by atoms with van der Waals surface area (Å²) in [5, 5.41) is 3.83. The first kappa shape index (κ1) is 16.7. The van der Waals surface area contributed by atoms with E-state index in [1.807, 2.05) is 6.92 Å². The molecule has 118 valence electrons. The fourth-order valence-corrected chi connectivity index (χ4v) is 2.78. The van der Waals surface area contributed by atoms with Gasteiger partial charge in [0.05, 0.1) is 12.7 Å². The van der Waals surface area contributed by atoms with Gasteiger partial charge in [-0.1, -0.05) is 17.7 Å². The van der Waals surface area contributed by atoms with Crippen LogP contribution < -0.4 is 5.32 Å². The molecule has 0 saturated carbocycles. The summed E-state index contributed by atoms with van der Waals surface area (Å²) < 4.78 is 24.1. The smallest absolute Gasteiger partial charge is 0.124 e. The van der Waals surface area contributed by atoms with Crippen molar-refractivity contribution in [3.05, 3.63) is 34.6 Å². The minimum Gasteiger partial charge on any atom is -0.379 e. The SMILES string of the molecule is CC(NCCCOCC1CCCO1)c1ccc(F)cc1Cl. The van der Waals surface area contributed by atoms with E-state index in [2.05, 4.69) is 5.32 Å². The summed E-state index contributed by atoms with van der Waals surface area (Å²) >= 11 is 6.04. The van der Waals surface area contributed by atoms with Gasteiger partial charge in [-0.25, -0.2) is 4.39 Å². The van der Waals surface area contributed by atoms with E-state index in [9.17, 15) is 4.39 Å². The van der Waals surface area contributed by atoms with Crippen LogP contribution in [-0.4, -0.2) is 32.5 Å². The lowest BCUT2D eigenvalue weighted by atomic mass is 10.1. The van der Waals surface area contributed by atoms with E-state index in [-0.39, 0.29) is 18.0 Å². The quantitative estimate of drug-likeness (QED) is 0.742. The van der Waals surface area contributed by atoms with Gasteiger partial charge in [-0.15, -0.1) is 0 Å². The molecule has 0 amide bonds. The molecule has 0 spiro atoms. The van der Waals surface area contributed by atoms with Gasteiger partial charge in [0.2, 0.25) is 0 Å². The van der Waals surface area contributed by atoms with Gasteiger partial charge in [0.25, 0.3) is 0 Å². The van der Waals surface area contributed by atoms with Crippen LogP contribution in [0.2, 0.25) is 5.02 Å². The van der Waals surface area contributed by atoms with Gasteiger partial charge >= 0.3 is 0 Å². The number of rotatable bonds is 8. The van der Waals surface area contributed by atoms with E-state index < -0.39 is 0 Å². The van der Waals surface area contributed by atoms with Crippen molar-refractivity contribution in [2.75, 3.05) is 26.4 Å². The molecule has 2 rings (SSSR count). The van der Waals surface area contributed by atoms with Gasteiger partial charge in [0.15, 0.2) is 0 Å². The highest BCUT2D eigenvalue weighted by Gasteiger charge is 2.15. The molecule has 3 nitrogen and oxygen atoms in total. The van der Waals surface area contributed by atoms with Crippen molar-refractivity contribution in [2.45, 2.75) is 38.3 Å². The van der Waals surface area contributed by atoms with E-state index >= 15 is 0 Å². The van der Waals surface area contributed by atoms with Crippen molar-refractivity contribution in [1.29, 1.82) is 0 Å². The molecule has 1 aromatic carbocycles. The molecule has 1 heterocycles. The predicted octanol–water partition coefficient (Wildman–Crippen LogP) is 3.72. The minimum absolute atomic E-state index is 0.0938. The maximum Gasteiger partial charge on any atom is 0.124 e. The molecule has 2 atom stereocenters. The second-order valence-electron chi connectivity index (χ2n) is 5.41. The van der Waals surface area contributed by atoms with Crippen molar-refractivity contribution in [2.24, 2.45) is 0 Å². The fourth-order valence-electron chi connectivity index (χ4n) is 2.45. The highest BCUT2D eigenvalue weighted by atomic mass is 35.5. The topological polar surface area (TPSA) is 30.5 Å². The highest BCUT2D eigenvalue weighted by Crippen LogP contribution is 2.23. The standard InChI is InChI=1S/C16H23ClFNO2/c1-12(15-6-5-13(18)10-16(15)17)19-7-3-8-20-11-14-4-2-9-21-14/h5-6,10,12,14,19H,2-4,7-9,11H2,1H3. The molecular weight excluding hydrogens is 293 g/mol. The van der Waals surface area contributed by atoms with Gasteiger partial charge in [-0.3, -0.25) is 0 Å². The average molecular weight is 316 g/mol. The van der Waals surface area contributed by atoms with Gasteiger partial charge < -0.3 is 14.8 Å². The van der Waals surface area contributed by atoms with E-state index in [4.69, 9.17) is 21.1 Å². The number of benzene rings is 1. The molecule has 21 heavy (non-hydrogen) atoms. The van der Waals surface area contributed by atoms with Gasteiger partial charge in [-0.2, -0.15) is 0 Å².